The van der Waals surface area contributed by atoms with Crippen LogP contribution in [-0.4, -0.2) is 23.8 Å². The fraction of sp³-hybridized carbons (Fsp3) is 0.625. The van der Waals surface area contributed by atoms with Gasteiger partial charge in [-0.15, -0.1) is 0 Å². The number of rotatable bonds is 4. The maximum absolute atomic E-state index is 10.6. The van der Waals surface area contributed by atoms with Crippen molar-refractivity contribution in [3.63, 3.8) is 0 Å². The van der Waals surface area contributed by atoms with E-state index < -0.39 is 5.97 Å². The molecule has 0 aromatic carbocycles. The number of ether oxygens (including phenoxy) is 1. The molecule has 0 radical (unpaired) electrons. The van der Waals surface area contributed by atoms with Crippen molar-refractivity contribution in [2.45, 2.75) is 20.0 Å². The molecule has 1 N–H and O–H groups in total. The topological polar surface area (TPSA) is 46.5 Å². The fourth-order valence-electron chi connectivity index (χ4n) is 0.496. The summed E-state index contributed by atoms with van der Waals surface area (Å²) in [5, 5.41) is 8.67. The van der Waals surface area contributed by atoms with Crippen LogP contribution in [0.1, 0.15) is 13.8 Å². The van der Waals surface area contributed by atoms with E-state index in [1.54, 1.807) is 13.8 Å². The Labute approximate surface area is 66.7 Å². The van der Waals surface area contributed by atoms with E-state index >= 15 is 0 Å². The van der Waals surface area contributed by atoms with E-state index in [4.69, 9.17) is 9.84 Å². The van der Waals surface area contributed by atoms with Crippen molar-refractivity contribution in [2.24, 2.45) is 5.92 Å². The third-order valence-electron chi connectivity index (χ3n) is 1.56. The molecule has 0 saturated heterocycles. The van der Waals surface area contributed by atoms with E-state index in [2.05, 4.69) is 6.58 Å². The molecular weight excluding hydrogens is 144 g/mol. The fourth-order valence-corrected chi connectivity index (χ4v) is 0.496. The number of carbonyl (C=O) groups excluding carboxylic acids is 1. The van der Waals surface area contributed by atoms with Gasteiger partial charge in [-0.1, -0.05) is 13.5 Å². The van der Waals surface area contributed by atoms with Crippen LogP contribution in [0.25, 0.3) is 0 Å². The van der Waals surface area contributed by atoms with Crippen LogP contribution >= 0.6 is 0 Å². The monoisotopic (exact) mass is 158 g/mol. The van der Waals surface area contributed by atoms with Crippen LogP contribution in [0.4, 0.5) is 0 Å². The van der Waals surface area contributed by atoms with E-state index in [0.29, 0.717) is 0 Å². The summed E-state index contributed by atoms with van der Waals surface area (Å²) >= 11 is 0. The van der Waals surface area contributed by atoms with Gasteiger partial charge < -0.3 is 9.84 Å². The van der Waals surface area contributed by atoms with Crippen LogP contribution in [0.15, 0.2) is 12.7 Å². The quantitative estimate of drug-likeness (QED) is 0.484. The van der Waals surface area contributed by atoms with Gasteiger partial charge in [0.05, 0.1) is 0 Å². The SMILES string of the molecule is C=CC(=O)OC(C)C(C)CO. The molecule has 3 heteroatoms. The number of hydrogen-bond donors (Lipinski definition) is 1. The zero-order valence-corrected chi connectivity index (χ0v) is 6.91. The van der Waals surface area contributed by atoms with Crippen LogP contribution in [0.3, 0.4) is 0 Å². The summed E-state index contributed by atoms with van der Waals surface area (Å²) in [4.78, 5) is 10.6. The average Bonchev–Trinajstić information content (AvgIpc) is 2.02. The zero-order chi connectivity index (χ0) is 8.85. The van der Waals surface area contributed by atoms with Crippen LogP contribution in [0.2, 0.25) is 0 Å². The van der Waals surface area contributed by atoms with Gasteiger partial charge in [-0.05, 0) is 6.92 Å². The second kappa shape index (κ2) is 4.91. The molecule has 0 aliphatic heterocycles. The van der Waals surface area contributed by atoms with Crippen molar-refractivity contribution >= 4 is 5.97 Å². The smallest absolute Gasteiger partial charge is 0.330 e. The Balaban J connectivity index is 3.76. The van der Waals surface area contributed by atoms with Crippen LogP contribution in [0.5, 0.6) is 0 Å². The van der Waals surface area contributed by atoms with Gasteiger partial charge in [-0.2, -0.15) is 0 Å². The van der Waals surface area contributed by atoms with Crippen LogP contribution < -0.4 is 0 Å². The summed E-state index contributed by atoms with van der Waals surface area (Å²) in [7, 11) is 0. The number of aliphatic hydroxyl groups is 1. The van der Waals surface area contributed by atoms with Crippen molar-refractivity contribution in [3.05, 3.63) is 12.7 Å². The molecule has 0 bridgehead atoms. The van der Waals surface area contributed by atoms with E-state index in [1.165, 1.54) is 0 Å². The highest BCUT2D eigenvalue weighted by atomic mass is 16.5. The van der Waals surface area contributed by atoms with Crippen LogP contribution in [-0.2, 0) is 9.53 Å². The van der Waals surface area contributed by atoms with E-state index in [9.17, 15) is 4.79 Å². The standard InChI is InChI=1S/C8H14O3/c1-4-8(10)11-7(3)6(2)5-9/h4,6-7,9H,1,5H2,2-3H3. The zero-order valence-electron chi connectivity index (χ0n) is 6.91. The summed E-state index contributed by atoms with van der Waals surface area (Å²) in [6.07, 6.45) is 0.853. The first-order chi connectivity index (χ1) is 5.11. The minimum atomic E-state index is -0.446. The molecule has 64 valence electrons. The van der Waals surface area contributed by atoms with Gasteiger partial charge >= 0.3 is 5.97 Å². The molecule has 2 unspecified atom stereocenters. The van der Waals surface area contributed by atoms with Crippen molar-refractivity contribution < 1.29 is 14.6 Å². The van der Waals surface area contributed by atoms with Crippen molar-refractivity contribution in [3.8, 4) is 0 Å². The first-order valence-corrected chi connectivity index (χ1v) is 3.55. The Morgan fingerprint density at radius 3 is 2.64 bits per heavy atom. The lowest BCUT2D eigenvalue weighted by Gasteiger charge is -2.16. The molecule has 0 heterocycles. The van der Waals surface area contributed by atoms with Gasteiger partial charge in [0.1, 0.15) is 6.10 Å². The summed E-state index contributed by atoms with van der Waals surface area (Å²) in [5.41, 5.74) is 0. The second-order valence-corrected chi connectivity index (χ2v) is 2.51. The van der Waals surface area contributed by atoms with Gasteiger partial charge in [0, 0.05) is 18.6 Å². The van der Waals surface area contributed by atoms with E-state index in [1.807, 2.05) is 0 Å². The maximum atomic E-state index is 10.6. The lowest BCUT2D eigenvalue weighted by molar-refractivity contribution is -0.144. The molecule has 0 aromatic heterocycles. The first kappa shape index (κ1) is 10.2. The molecule has 0 amide bonds. The predicted octanol–water partition coefficient (Wildman–Crippen LogP) is 0.732. The molecule has 11 heavy (non-hydrogen) atoms. The van der Waals surface area contributed by atoms with Gasteiger partial charge in [-0.3, -0.25) is 0 Å². The number of aliphatic hydroxyl groups excluding tert-OH is 1. The van der Waals surface area contributed by atoms with Crippen molar-refractivity contribution in [2.75, 3.05) is 6.61 Å². The van der Waals surface area contributed by atoms with E-state index in [-0.39, 0.29) is 18.6 Å². The van der Waals surface area contributed by atoms with Crippen molar-refractivity contribution in [1.82, 2.24) is 0 Å². The Hall–Kier alpha value is -0.830. The maximum Gasteiger partial charge on any atom is 0.330 e. The van der Waals surface area contributed by atoms with Gasteiger partial charge in [-0.25, -0.2) is 4.79 Å². The molecule has 0 aromatic rings. The highest BCUT2D eigenvalue weighted by Crippen LogP contribution is 2.05. The molecule has 0 aliphatic carbocycles. The minimum absolute atomic E-state index is 0.0194. The van der Waals surface area contributed by atoms with Crippen LogP contribution in [0, 0.1) is 5.92 Å². The Morgan fingerprint density at radius 1 is 1.73 bits per heavy atom. The van der Waals surface area contributed by atoms with Crippen molar-refractivity contribution in [1.29, 1.82) is 0 Å². The third kappa shape index (κ3) is 3.78. The Kier molecular flexibility index (Phi) is 4.54. The van der Waals surface area contributed by atoms with Gasteiger partial charge in [0.2, 0.25) is 0 Å². The number of esters is 1. The minimum Gasteiger partial charge on any atom is -0.459 e. The molecule has 0 spiro atoms. The summed E-state index contributed by atoms with van der Waals surface area (Å²) in [5.74, 6) is -0.475. The molecule has 0 aliphatic rings. The average molecular weight is 158 g/mol. The lowest BCUT2D eigenvalue weighted by atomic mass is 10.1. The van der Waals surface area contributed by atoms with Gasteiger partial charge in [0.15, 0.2) is 0 Å². The Morgan fingerprint density at radius 2 is 2.27 bits per heavy atom. The largest absolute Gasteiger partial charge is 0.459 e. The van der Waals surface area contributed by atoms with E-state index in [0.717, 1.165) is 6.08 Å². The Bertz CT molecular complexity index is 142. The molecule has 3 nitrogen and oxygen atoms in total. The molecular formula is C8H14O3. The first-order valence-electron chi connectivity index (χ1n) is 3.55. The molecule has 0 saturated carbocycles. The second-order valence-electron chi connectivity index (χ2n) is 2.51. The number of hydrogen-bond acceptors (Lipinski definition) is 3. The highest BCUT2D eigenvalue weighted by Gasteiger charge is 2.13. The number of carbonyl (C=O) groups is 1. The summed E-state index contributed by atoms with van der Waals surface area (Å²) in [6, 6.07) is 0. The molecule has 0 rings (SSSR count). The molecule has 0 fully saturated rings. The molecule has 2 atom stereocenters. The third-order valence-corrected chi connectivity index (χ3v) is 1.56. The predicted molar refractivity (Wildman–Crippen MR) is 42.0 cm³/mol. The van der Waals surface area contributed by atoms with Gasteiger partial charge in [0.25, 0.3) is 0 Å². The lowest BCUT2D eigenvalue weighted by Crippen LogP contribution is -2.23. The highest BCUT2D eigenvalue weighted by molar-refractivity contribution is 5.81. The summed E-state index contributed by atoms with van der Waals surface area (Å²) in [6.45, 7) is 6.83. The normalized spacial score (nSPS) is 15.2. The summed E-state index contributed by atoms with van der Waals surface area (Å²) < 4.78 is 4.84.